The van der Waals surface area contributed by atoms with E-state index in [1.807, 2.05) is 44.2 Å². The number of hydrogen-bond acceptors (Lipinski definition) is 2. The van der Waals surface area contributed by atoms with E-state index in [1.54, 1.807) is 25.3 Å². The van der Waals surface area contributed by atoms with Gasteiger partial charge >= 0.3 is 5.97 Å². The molecular weight excluding hydrogens is 264 g/mol. The molecule has 0 saturated heterocycles. The third kappa shape index (κ3) is 3.51. The highest BCUT2D eigenvalue weighted by molar-refractivity contribution is 6.20. The SMILES string of the molecule is COc1ccc(/C(=C/c2ccc(C)cc2)C(=O)O)cc1C. The molecular formula is C18H18O3. The van der Waals surface area contributed by atoms with E-state index in [1.165, 1.54) is 0 Å². The molecule has 0 fully saturated rings. The summed E-state index contributed by atoms with van der Waals surface area (Å²) >= 11 is 0. The van der Waals surface area contributed by atoms with E-state index in [-0.39, 0.29) is 5.57 Å². The van der Waals surface area contributed by atoms with Crippen LogP contribution in [0.2, 0.25) is 0 Å². The quantitative estimate of drug-likeness (QED) is 0.682. The molecule has 0 amide bonds. The summed E-state index contributed by atoms with van der Waals surface area (Å²) in [5, 5.41) is 9.46. The summed E-state index contributed by atoms with van der Waals surface area (Å²) < 4.78 is 5.20. The van der Waals surface area contributed by atoms with Crippen LogP contribution < -0.4 is 4.74 Å². The minimum atomic E-state index is -0.944. The van der Waals surface area contributed by atoms with E-state index >= 15 is 0 Å². The van der Waals surface area contributed by atoms with E-state index < -0.39 is 5.97 Å². The number of carboxylic acids is 1. The molecule has 0 unspecified atom stereocenters. The molecule has 108 valence electrons. The molecule has 0 aliphatic rings. The van der Waals surface area contributed by atoms with Crippen molar-refractivity contribution >= 4 is 17.6 Å². The van der Waals surface area contributed by atoms with Gasteiger partial charge in [0.1, 0.15) is 5.75 Å². The number of carbonyl (C=O) groups is 1. The van der Waals surface area contributed by atoms with E-state index in [4.69, 9.17) is 4.74 Å². The number of aliphatic carboxylic acids is 1. The molecule has 0 atom stereocenters. The van der Waals surface area contributed by atoms with Gasteiger partial charge in [-0.1, -0.05) is 35.9 Å². The first-order valence-corrected chi connectivity index (χ1v) is 6.68. The highest BCUT2D eigenvalue weighted by Crippen LogP contribution is 2.25. The number of aryl methyl sites for hydroxylation is 2. The standard InChI is InChI=1S/C18H18O3/c1-12-4-6-14(7-5-12)11-16(18(19)20)15-8-9-17(21-3)13(2)10-15/h4-11H,1-3H3,(H,19,20)/b16-11-. The zero-order chi connectivity index (χ0) is 15.4. The van der Waals surface area contributed by atoms with Crippen molar-refractivity contribution in [3.8, 4) is 5.75 Å². The average molecular weight is 282 g/mol. The minimum absolute atomic E-state index is 0.268. The summed E-state index contributed by atoms with van der Waals surface area (Å²) in [6.07, 6.45) is 1.68. The van der Waals surface area contributed by atoms with Crippen molar-refractivity contribution in [1.82, 2.24) is 0 Å². The summed E-state index contributed by atoms with van der Waals surface area (Å²) in [7, 11) is 1.60. The molecule has 3 nitrogen and oxygen atoms in total. The smallest absolute Gasteiger partial charge is 0.336 e. The second-order valence-electron chi connectivity index (χ2n) is 4.96. The Hall–Kier alpha value is -2.55. The molecule has 2 aromatic rings. The van der Waals surface area contributed by atoms with Gasteiger partial charge in [-0.3, -0.25) is 0 Å². The lowest BCUT2D eigenvalue weighted by atomic mass is 10.0. The zero-order valence-corrected chi connectivity index (χ0v) is 12.4. The monoisotopic (exact) mass is 282 g/mol. The molecule has 2 rings (SSSR count). The summed E-state index contributed by atoms with van der Waals surface area (Å²) in [5.74, 6) is -0.195. The fraction of sp³-hybridized carbons (Fsp3) is 0.167. The largest absolute Gasteiger partial charge is 0.496 e. The van der Waals surface area contributed by atoms with Crippen LogP contribution in [0.5, 0.6) is 5.75 Å². The van der Waals surface area contributed by atoms with Crippen molar-refractivity contribution in [2.24, 2.45) is 0 Å². The molecule has 2 aromatic carbocycles. The van der Waals surface area contributed by atoms with Crippen molar-refractivity contribution in [3.63, 3.8) is 0 Å². The molecule has 3 heteroatoms. The molecule has 21 heavy (non-hydrogen) atoms. The van der Waals surface area contributed by atoms with Crippen LogP contribution in [0.4, 0.5) is 0 Å². The lowest BCUT2D eigenvalue weighted by Crippen LogP contribution is -2.00. The second-order valence-corrected chi connectivity index (χ2v) is 4.96. The van der Waals surface area contributed by atoms with Crippen molar-refractivity contribution in [3.05, 3.63) is 64.7 Å². The molecule has 1 N–H and O–H groups in total. The number of ether oxygens (including phenoxy) is 1. The zero-order valence-electron chi connectivity index (χ0n) is 12.4. The van der Waals surface area contributed by atoms with Crippen LogP contribution >= 0.6 is 0 Å². The first-order valence-electron chi connectivity index (χ1n) is 6.68. The van der Waals surface area contributed by atoms with Crippen molar-refractivity contribution in [1.29, 1.82) is 0 Å². The van der Waals surface area contributed by atoms with Gasteiger partial charge in [-0.25, -0.2) is 4.79 Å². The normalized spacial score (nSPS) is 11.3. The van der Waals surface area contributed by atoms with Crippen LogP contribution in [-0.4, -0.2) is 18.2 Å². The molecule has 0 radical (unpaired) electrons. The maximum Gasteiger partial charge on any atom is 0.336 e. The molecule has 0 saturated carbocycles. The number of carboxylic acid groups (broad SMARTS) is 1. The van der Waals surface area contributed by atoms with Gasteiger partial charge in [-0.05, 0) is 48.7 Å². The summed E-state index contributed by atoms with van der Waals surface area (Å²) in [5.41, 5.74) is 3.85. The summed E-state index contributed by atoms with van der Waals surface area (Å²) in [4.78, 5) is 11.5. The molecule has 0 bridgehead atoms. The van der Waals surface area contributed by atoms with Crippen LogP contribution in [0.3, 0.4) is 0 Å². The maximum atomic E-state index is 11.5. The summed E-state index contributed by atoms with van der Waals surface area (Å²) in [6.45, 7) is 3.89. The number of methoxy groups -OCH3 is 1. The Balaban J connectivity index is 2.46. The van der Waals surface area contributed by atoms with Crippen molar-refractivity contribution < 1.29 is 14.6 Å². The van der Waals surface area contributed by atoms with Crippen LogP contribution in [0.15, 0.2) is 42.5 Å². The molecule has 0 spiro atoms. The van der Waals surface area contributed by atoms with Gasteiger partial charge in [-0.15, -0.1) is 0 Å². The Morgan fingerprint density at radius 2 is 1.76 bits per heavy atom. The first-order chi connectivity index (χ1) is 10.0. The van der Waals surface area contributed by atoms with Crippen LogP contribution in [0, 0.1) is 13.8 Å². The van der Waals surface area contributed by atoms with Crippen molar-refractivity contribution in [2.75, 3.05) is 7.11 Å². The predicted octanol–water partition coefficient (Wildman–Crippen LogP) is 3.94. The highest BCUT2D eigenvalue weighted by Gasteiger charge is 2.12. The van der Waals surface area contributed by atoms with Crippen LogP contribution in [-0.2, 0) is 4.79 Å². The van der Waals surface area contributed by atoms with Gasteiger partial charge in [0.25, 0.3) is 0 Å². The number of hydrogen-bond donors (Lipinski definition) is 1. The van der Waals surface area contributed by atoms with Gasteiger partial charge in [0.2, 0.25) is 0 Å². The fourth-order valence-corrected chi connectivity index (χ4v) is 2.14. The predicted molar refractivity (Wildman–Crippen MR) is 84.4 cm³/mol. The third-order valence-electron chi connectivity index (χ3n) is 3.32. The number of rotatable bonds is 4. The average Bonchev–Trinajstić information content (AvgIpc) is 2.46. The van der Waals surface area contributed by atoms with E-state index in [0.29, 0.717) is 5.56 Å². The van der Waals surface area contributed by atoms with E-state index in [0.717, 1.165) is 22.4 Å². The molecule has 0 aliphatic carbocycles. The Kier molecular flexibility index (Phi) is 4.43. The lowest BCUT2D eigenvalue weighted by molar-refractivity contribution is -0.130. The topological polar surface area (TPSA) is 46.5 Å². The van der Waals surface area contributed by atoms with Gasteiger partial charge in [-0.2, -0.15) is 0 Å². The van der Waals surface area contributed by atoms with Gasteiger partial charge < -0.3 is 9.84 Å². The molecule has 0 heterocycles. The van der Waals surface area contributed by atoms with Gasteiger partial charge in [0, 0.05) is 0 Å². The Labute approximate surface area is 124 Å². The van der Waals surface area contributed by atoms with E-state index in [2.05, 4.69) is 0 Å². The fourth-order valence-electron chi connectivity index (χ4n) is 2.14. The Bertz CT molecular complexity index is 682. The minimum Gasteiger partial charge on any atom is -0.496 e. The van der Waals surface area contributed by atoms with E-state index in [9.17, 15) is 9.90 Å². The Morgan fingerprint density at radius 1 is 1.10 bits per heavy atom. The molecule has 0 aromatic heterocycles. The van der Waals surface area contributed by atoms with Gasteiger partial charge in [0.15, 0.2) is 0 Å². The second kappa shape index (κ2) is 6.27. The van der Waals surface area contributed by atoms with Crippen LogP contribution in [0.25, 0.3) is 11.6 Å². The lowest BCUT2D eigenvalue weighted by Gasteiger charge is -2.08. The summed E-state index contributed by atoms with van der Waals surface area (Å²) in [6, 6.07) is 13.1. The van der Waals surface area contributed by atoms with Crippen molar-refractivity contribution in [2.45, 2.75) is 13.8 Å². The first kappa shape index (κ1) is 14.9. The molecule has 0 aliphatic heterocycles. The van der Waals surface area contributed by atoms with Crippen LogP contribution in [0.1, 0.15) is 22.3 Å². The third-order valence-corrected chi connectivity index (χ3v) is 3.32. The number of benzene rings is 2. The maximum absolute atomic E-state index is 11.5. The highest BCUT2D eigenvalue weighted by atomic mass is 16.5. The van der Waals surface area contributed by atoms with Gasteiger partial charge in [0.05, 0.1) is 12.7 Å². The Morgan fingerprint density at radius 3 is 2.29 bits per heavy atom.